The minimum absolute atomic E-state index is 0.211. The van der Waals surface area contributed by atoms with Crippen molar-refractivity contribution >= 4 is 5.97 Å². The molecule has 1 rings (SSSR count). The van der Waals surface area contributed by atoms with Gasteiger partial charge < -0.3 is 14.9 Å². The maximum absolute atomic E-state index is 11.3. The SMILES string of the molecule is COCCNC(C)(CCc1ccc(O)cc1)C(=O)O. The first-order valence-corrected chi connectivity index (χ1v) is 6.23. The molecule has 0 radical (unpaired) electrons. The first kappa shape index (κ1) is 15.5. The van der Waals surface area contributed by atoms with Crippen LogP contribution in [0, 0.1) is 0 Å². The number of phenolic OH excluding ortho intramolecular Hbond substituents is 1. The zero-order valence-corrected chi connectivity index (χ0v) is 11.3. The lowest BCUT2D eigenvalue weighted by molar-refractivity contribution is -0.144. The van der Waals surface area contributed by atoms with Crippen LogP contribution in [0.15, 0.2) is 24.3 Å². The molecule has 1 aromatic rings. The lowest BCUT2D eigenvalue weighted by atomic mass is 9.93. The van der Waals surface area contributed by atoms with Crippen molar-refractivity contribution in [1.29, 1.82) is 0 Å². The maximum Gasteiger partial charge on any atom is 0.323 e. The second-order valence-electron chi connectivity index (χ2n) is 4.72. The van der Waals surface area contributed by atoms with Gasteiger partial charge in [-0.1, -0.05) is 12.1 Å². The Morgan fingerprint density at radius 3 is 2.53 bits per heavy atom. The zero-order chi connectivity index (χ0) is 14.3. The molecule has 0 bridgehead atoms. The lowest BCUT2D eigenvalue weighted by Gasteiger charge is -2.26. The Morgan fingerprint density at radius 2 is 2.00 bits per heavy atom. The molecular weight excluding hydrogens is 246 g/mol. The summed E-state index contributed by atoms with van der Waals surface area (Å²) >= 11 is 0. The van der Waals surface area contributed by atoms with Crippen LogP contribution in [0.2, 0.25) is 0 Å². The van der Waals surface area contributed by atoms with Gasteiger partial charge in [0.2, 0.25) is 0 Å². The van der Waals surface area contributed by atoms with Crippen LogP contribution < -0.4 is 5.32 Å². The molecule has 0 aliphatic heterocycles. The molecule has 1 aromatic carbocycles. The maximum atomic E-state index is 11.3. The number of carboxylic acids is 1. The Hall–Kier alpha value is -1.59. The molecule has 1 atom stereocenters. The molecule has 1 unspecified atom stereocenters. The predicted molar refractivity (Wildman–Crippen MR) is 72.3 cm³/mol. The van der Waals surface area contributed by atoms with Gasteiger partial charge in [-0.15, -0.1) is 0 Å². The molecule has 0 aliphatic carbocycles. The van der Waals surface area contributed by atoms with Gasteiger partial charge in [-0.25, -0.2) is 0 Å². The average molecular weight is 267 g/mol. The van der Waals surface area contributed by atoms with E-state index in [4.69, 9.17) is 4.74 Å². The fourth-order valence-electron chi connectivity index (χ4n) is 1.76. The Kier molecular flexibility index (Phi) is 5.79. The van der Waals surface area contributed by atoms with E-state index in [0.717, 1.165) is 5.56 Å². The van der Waals surface area contributed by atoms with Gasteiger partial charge in [0.15, 0.2) is 0 Å². The monoisotopic (exact) mass is 267 g/mol. The largest absolute Gasteiger partial charge is 0.508 e. The van der Waals surface area contributed by atoms with Gasteiger partial charge in [-0.3, -0.25) is 10.1 Å². The summed E-state index contributed by atoms with van der Waals surface area (Å²) in [6.07, 6.45) is 1.10. The van der Waals surface area contributed by atoms with E-state index < -0.39 is 11.5 Å². The van der Waals surface area contributed by atoms with Crippen LogP contribution in [0.5, 0.6) is 5.75 Å². The molecule has 106 valence electrons. The molecule has 0 aliphatic rings. The van der Waals surface area contributed by atoms with E-state index in [1.54, 1.807) is 38.3 Å². The number of methoxy groups -OCH3 is 1. The summed E-state index contributed by atoms with van der Waals surface area (Å²) in [5, 5.41) is 21.5. The number of hydrogen-bond donors (Lipinski definition) is 3. The summed E-state index contributed by atoms with van der Waals surface area (Å²) in [6, 6.07) is 6.80. The molecule has 5 heteroatoms. The van der Waals surface area contributed by atoms with Gasteiger partial charge in [0, 0.05) is 13.7 Å². The second-order valence-corrected chi connectivity index (χ2v) is 4.72. The van der Waals surface area contributed by atoms with Crippen molar-refractivity contribution in [3.8, 4) is 5.75 Å². The summed E-state index contributed by atoms with van der Waals surface area (Å²) in [7, 11) is 1.58. The Bertz CT molecular complexity index is 404. The number of rotatable bonds is 8. The number of phenols is 1. The molecule has 5 nitrogen and oxygen atoms in total. The number of carboxylic acid groups (broad SMARTS) is 1. The molecule has 0 saturated heterocycles. The number of ether oxygens (including phenoxy) is 1. The highest BCUT2D eigenvalue weighted by molar-refractivity contribution is 5.78. The van der Waals surface area contributed by atoms with Crippen molar-refractivity contribution in [1.82, 2.24) is 5.32 Å². The van der Waals surface area contributed by atoms with Gasteiger partial charge in [0.05, 0.1) is 6.61 Å². The van der Waals surface area contributed by atoms with Gasteiger partial charge in [-0.05, 0) is 37.5 Å². The van der Waals surface area contributed by atoms with Crippen molar-refractivity contribution in [3.05, 3.63) is 29.8 Å². The van der Waals surface area contributed by atoms with E-state index in [0.29, 0.717) is 26.0 Å². The average Bonchev–Trinajstić information content (AvgIpc) is 2.38. The first-order valence-electron chi connectivity index (χ1n) is 6.23. The fraction of sp³-hybridized carbons (Fsp3) is 0.500. The van der Waals surface area contributed by atoms with E-state index in [9.17, 15) is 15.0 Å². The predicted octanol–water partition coefficient (Wildman–Crippen LogP) is 1.40. The topological polar surface area (TPSA) is 78.8 Å². The highest BCUT2D eigenvalue weighted by Gasteiger charge is 2.31. The number of aromatic hydroxyl groups is 1. The van der Waals surface area contributed by atoms with Gasteiger partial charge in [-0.2, -0.15) is 0 Å². The molecule has 0 amide bonds. The highest BCUT2D eigenvalue weighted by atomic mass is 16.5. The highest BCUT2D eigenvalue weighted by Crippen LogP contribution is 2.17. The molecule has 0 heterocycles. The number of aryl methyl sites for hydroxylation is 1. The van der Waals surface area contributed by atoms with Crippen molar-refractivity contribution in [2.75, 3.05) is 20.3 Å². The third-order valence-corrected chi connectivity index (χ3v) is 3.14. The van der Waals surface area contributed by atoms with Crippen molar-refractivity contribution in [2.45, 2.75) is 25.3 Å². The number of carbonyl (C=O) groups is 1. The Morgan fingerprint density at radius 1 is 1.37 bits per heavy atom. The second kappa shape index (κ2) is 7.11. The third kappa shape index (κ3) is 4.89. The van der Waals surface area contributed by atoms with E-state index in [2.05, 4.69) is 5.32 Å². The zero-order valence-electron chi connectivity index (χ0n) is 11.3. The van der Waals surface area contributed by atoms with Crippen LogP contribution in [-0.4, -0.2) is 42.0 Å². The quantitative estimate of drug-likeness (QED) is 0.621. The van der Waals surface area contributed by atoms with Gasteiger partial charge >= 0.3 is 5.97 Å². The van der Waals surface area contributed by atoms with Crippen molar-refractivity contribution in [3.63, 3.8) is 0 Å². The van der Waals surface area contributed by atoms with E-state index in [-0.39, 0.29) is 5.75 Å². The van der Waals surface area contributed by atoms with E-state index in [1.165, 1.54) is 0 Å². The van der Waals surface area contributed by atoms with Crippen LogP contribution in [0.4, 0.5) is 0 Å². The molecule has 0 aromatic heterocycles. The van der Waals surface area contributed by atoms with Crippen LogP contribution in [0.1, 0.15) is 18.9 Å². The first-order chi connectivity index (χ1) is 8.98. The normalized spacial score (nSPS) is 14.0. The van der Waals surface area contributed by atoms with E-state index >= 15 is 0 Å². The molecule has 19 heavy (non-hydrogen) atoms. The molecule has 0 saturated carbocycles. The van der Waals surface area contributed by atoms with Crippen LogP contribution in [0.3, 0.4) is 0 Å². The van der Waals surface area contributed by atoms with Crippen molar-refractivity contribution in [2.24, 2.45) is 0 Å². The van der Waals surface area contributed by atoms with E-state index in [1.807, 2.05) is 0 Å². The molecule has 0 spiro atoms. The molecule has 0 fully saturated rings. The van der Waals surface area contributed by atoms with Crippen LogP contribution in [-0.2, 0) is 16.0 Å². The van der Waals surface area contributed by atoms with Crippen LogP contribution >= 0.6 is 0 Å². The van der Waals surface area contributed by atoms with Gasteiger partial charge in [0.25, 0.3) is 0 Å². The summed E-state index contributed by atoms with van der Waals surface area (Å²) < 4.78 is 4.91. The summed E-state index contributed by atoms with van der Waals surface area (Å²) in [6.45, 7) is 2.64. The number of aliphatic carboxylic acids is 1. The summed E-state index contributed by atoms with van der Waals surface area (Å²) in [4.78, 5) is 11.3. The lowest BCUT2D eigenvalue weighted by Crippen LogP contribution is -2.50. The van der Waals surface area contributed by atoms with Gasteiger partial charge in [0.1, 0.15) is 11.3 Å². The number of hydrogen-bond acceptors (Lipinski definition) is 4. The number of nitrogens with one attached hydrogen (secondary N) is 1. The third-order valence-electron chi connectivity index (χ3n) is 3.14. The summed E-state index contributed by atoms with van der Waals surface area (Å²) in [5.74, 6) is -0.662. The minimum atomic E-state index is -0.976. The minimum Gasteiger partial charge on any atom is -0.508 e. The Balaban J connectivity index is 2.58. The Labute approximate surface area is 113 Å². The fourth-order valence-corrected chi connectivity index (χ4v) is 1.76. The molecular formula is C14H21NO4. The number of benzene rings is 1. The summed E-state index contributed by atoms with van der Waals surface area (Å²) in [5.41, 5.74) is 0.0231. The molecule has 3 N–H and O–H groups in total. The van der Waals surface area contributed by atoms with Crippen LogP contribution in [0.25, 0.3) is 0 Å². The van der Waals surface area contributed by atoms with Crippen molar-refractivity contribution < 1.29 is 19.7 Å². The standard InChI is InChI=1S/C14H21NO4/c1-14(13(17)18,15-9-10-19-2)8-7-11-3-5-12(16)6-4-11/h3-6,15-16H,7-10H2,1-2H3,(H,17,18). The smallest absolute Gasteiger partial charge is 0.323 e.